The van der Waals surface area contributed by atoms with Crippen molar-refractivity contribution in [1.29, 1.82) is 0 Å². The summed E-state index contributed by atoms with van der Waals surface area (Å²) in [6.07, 6.45) is -2.37. The maximum atomic E-state index is 13.8. The van der Waals surface area contributed by atoms with Crippen LogP contribution in [0.1, 0.15) is 43.9 Å². The van der Waals surface area contributed by atoms with Crippen LogP contribution >= 0.6 is 0 Å². The fourth-order valence-corrected chi connectivity index (χ4v) is 4.24. The van der Waals surface area contributed by atoms with Crippen molar-refractivity contribution in [2.45, 2.75) is 38.9 Å². The number of hydrogen-bond acceptors (Lipinski definition) is 7. The summed E-state index contributed by atoms with van der Waals surface area (Å²) in [7, 11) is 0. The van der Waals surface area contributed by atoms with Gasteiger partial charge in [-0.1, -0.05) is 44.2 Å². The maximum absolute atomic E-state index is 13.8. The molecule has 1 aromatic heterocycles. The Kier molecular flexibility index (Phi) is 8.83. The van der Waals surface area contributed by atoms with Crippen LogP contribution in [0, 0.1) is 0 Å². The van der Waals surface area contributed by atoms with Crippen molar-refractivity contribution in [3.05, 3.63) is 71.9 Å². The first-order valence-electron chi connectivity index (χ1n) is 12.5. The Bertz CT molecular complexity index is 1130. The predicted octanol–water partition coefficient (Wildman–Crippen LogP) is 6.23. The normalized spacial score (nSPS) is 15.8. The number of rotatable bonds is 11. The van der Waals surface area contributed by atoms with Gasteiger partial charge in [0, 0.05) is 24.8 Å². The van der Waals surface area contributed by atoms with Gasteiger partial charge in [0.05, 0.1) is 19.3 Å². The molecule has 0 spiro atoms. The molecule has 3 aromatic rings. The number of nitrogens with zero attached hydrogens (tertiary/aromatic N) is 4. The summed E-state index contributed by atoms with van der Waals surface area (Å²) in [5.41, 5.74) is 0.534. The molecule has 0 amide bonds. The Labute approximate surface area is 215 Å². The van der Waals surface area contributed by atoms with E-state index in [1.807, 2.05) is 30.3 Å². The van der Waals surface area contributed by atoms with E-state index in [2.05, 4.69) is 34.0 Å². The van der Waals surface area contributed by atoms with Gasteiger partial charge in [-0.15, -0.1) is 0 Å². The highest BCUT2D eigenvalue weighted by molar-refractivity contribution is 5.58. The highest BCUT2D eigenvalue weighted by Crippen LogP contribution is 2.41. The van der Waals surface area contributed by atoms with Gasteiger partial charge in [0.1, 0.15) is 11.3 Å². The number of hydroxylamine groups is 1. The lowest BCUT2D eigenvalue weighted by Crippen LogP contribution is -2.26. The van der Waals surface area contributed by atoms with Crippen LogP contribution in [0.25, 0.3) is 0 Å². The molecule has 7 nitrogen and oxygen atoms in total. The SMILES string of the molecule is CCN(CC)CCCOc1ccc(Nc2ncc(C(F)(F)F)c(N3OCCC3c3ccccc3)n2)cc1. The number of halogens is 3. The Morgan fingerprint density at radius 3 is 2.49 bits per heavy atom. The zero-order valence-corrected chi connectivity index (χ0v) is 21.0. The molecule has 198 valence electrons. The van der Waals surface area contributed by atoms with Crippen molar-refractivity contribution in [2.24, 2.45) is 0 Å². The van der Waals surface area contributed by atoms with E-state index >= 15 is 0 Å². The summed E-state index contributed by atoms with van der Waals surface area (Å²) >= 11 is 0. The molecule has 0 bridgehead atoms. The smallest absolute Gasteiger partial charge is 0.421 e. The molecule has 1 saturated heterocycles. The molecular weight excluding hydrogens is 483 g/mol. The zero-order valence-electron chi connectivity index (χ0n) is 21.0. The van der Waals surface area contributed by atoms with E-state index in [0.29, 0.717) is 25.3 Å². The largest absolute Gasteiger partial charge is 0.494 e. The summed E-state index contributed by atoms with van der Waals surface area (Å²) in [5.74, 6) is 0.443. The second-order valence-electron chi connectivity index (χ2n) is 8.68. The lowest BCUT2D eigenvalue weighted by Gasteiger charge is -2.26. The highest BCUT2D eigenvalue weighted by atomic mass is 19.4. The lowest BCUT2D eigenvalue weighted by molar-refractivity contribution is -0.138. The first-order valence-corrected chi connectivity index (χ1v) is 12.5. The topological polar surface area (TPSA) is 62.8 Å². The molecule has 1 atom stereocenters. The van der Waals surface area contributed by atoms with Gasteiger partial charge in [-0.05, 0) is 49.3 Å². The van der Waals surface area contributed by atoms with E-state index in [-0.39, 0.29) is 17.8 Å². The van der Waals surface area contributed by atoms with Gasteiger partial charge in [-0.3, -0.25) is 4.84 Å². The lowest BCUT2D eigenvalue weighted by atomic mass is 10.0. The second kappa shape index (κ2) is 12.2. The fraction of sp³-hybridized carbons (Fsp3) is 0.407. The van der Waals surface area contributed by atoms with Crippen LogP contribution in [0.5, 0.6) is 5.75 Å². The van der Waals surface area contributed by atoms with Gasteiger partial charge in [-0.25, -0.2) is 10.0 Å². The minimum atomic E-state index is -4.63. The molecule has 0 radical (unpaired) electrons. The molecule has 1 N–H and O–H groups in total. The maximum Gasteiger partial charge on any atom is 0.421 e. The van der Waals surface area contributed by atoms with E-state index in [4.69, 9.17) is 9.57 Å². The first-order chi connectivity index (χ1) is 17.9. The predicted molar refractivity (Wildman–Crippen MR) is 137 cm³/mol. The Morgan fingerprint density at radius 1 is 1.08 bits per heavy atom. The van der Waals surface area contributed by atoms with Crippen LogP contribution in [0.4, 0.5) is 30.6 Å². The third-order valence-corrected chi connectivity index (χ3v) is 6.26. The number of benzene rings is 2. The number of hydrogen-bond donors (Lipinski definition) is 1. The Hall–Kier alpha value is -3.37. The molecular formula is C27H32F3N5O2. The number of anilines is 3. The molecule has 0 aliphatic carbocycles. The van der Waals surface area contributed by atoms with E-state index in [9.17, 15) is 13.2 Å². The quantitative estimate of drug-likeness (QED) is 0.304. The number of aromatic nitrogens is 2. The van der Waals surface area contributed by atoms with Crippen molar-refractivity contribution in [3.8, 4) is 5.75 Å². The summed E-state index contributed by atoms with van der Waals surface area (Å²) in [6, 6.07) is 16.1. The molecule has 4 rings (SSSR count). The Balaban J connectivity index is 1.47. The highest BCUT2D eigenvalue weighted by Gasteiger charge is 2.40. The minimum absolute atomic E-state index is 0.0400. The van der Waals surface area contributed by atoms with Crippen LogP contribution in [0.3, 0.4) is 0 Å². The van der Waals surface area contributed by atoms with E-state index in [1.54, 1.807) is 24.3 Å². The third-order valence-electron chi connectivity index (χ3n) is 6.26. The van der Waals surface area contributed by atoms with Crippen LogP contribution in [-0.4, -0.2) is 47.7 Å². The van der Waals surface area contributed by atoms with Crippen molar-refractivity contribution in [2.75, 3.05) is 43.2 Å². The number of ether oxygens (including phenoxy) is 1. The van der Waals surface area contributed by atoms with Crippen molar-refractivity contribution < 1.29 is 22.7 Å². The Morgan fingerprint density at radius 2 is 1.81 bits per heavy atom. The molecule has 2 aromatic carbocycles. The molecule has 1 unspecified atom stereocenters. The van der Waals surface area contributed by atoms with E-state index in [0.717, 1.165) is 43.6 Å². The summed E-state index contributed by atoms with van der Waals surface area (Å²) in [4.78, 5) is 16.1. The molecule has 1 fully saturated rings. The standard InChI is InChI=1S/C27H32F3N5O2/c1-3-34(4-2)16-8-17-36-22-13-11-21(12-14-22)32-26-31-19-23(27(28,29)30)25(33-26)35-24(15-18-37-35)20-9-6-5-7-10-20/h5-7,9-14,19,24H,3-4,8,15-18H2,1-2H3,(H,31,32,33). The van der Waals surface area contributed by atoms with Gasteiger partial charge in [0.15, 0.2) is 5.82 Å². The third kappa shape index (κ3) is 6.90. The van der Waals surface area contributed by atoms with Crippen molar-refractivity contribution in [3.63, 3.8) is 0 Å². The average molecular weight is 516 g/mol. The van der Waals surface area contributed by atoms with Gasteiger partial charge < -0.3 is 15.0 Å². The summed E-state index contributed by atoms with van der Waals surface area (Å²) in [6.45, 7) is 8.18. The van der Waals surface area contributed by atoms with Crippen molar-refractivity contribution >= 4 is 17.5 Å². The minimum Gasteiger partial charge on any atom is -0.494 e. The molecule has 1 aliphatic heterocycles. The van der Waals surface area contributed by atoms with Crippen LogP contribution in [-0.2, 0) is 11.0 Å². The molecule has 2 heterocycles. The van der Waals surface area contributed by atoms with E-state index in [1.165, 1.54) is 5.06 Å². The number of alkyl halides is 3. The second-order valence-corrected chi connectivity index (χ2v) is 8.68. The fourth-order valence-electron chi connectivity index (χ4n) is 4.24. The summed E-state index contributed by atoms with van der Waals surface area (Å²) in [5, 5.41) is 4.24. The first kappa shape index (κ1) is 26.7. The molecule has 1 aliphatic rings. The van der Waals surface area contributed by atoms with Gasteiger partial charge in [-0.2, -0.15) is 18.2 Å². The summed E-state index contributed by atoms with van der Waals surface area (Å²) < 4.78 is 47.4. The van der Waals surface area contributed by atoms with Crippen LogP contribution in [0.2, 0.25) is 0 Å². The molecule has 10 heteroatoms. The van der Waals surface area contributed by atoms with Gasteiger partial charge >= 0.3 is 6.18 Å². The van der Waals surface area contributed by atoms with Crippen molar-refractivity contribution in [1.82, 2.24) is 14.9 Å². The van der Waals surface area contributed by atoms with Gasteiger partial charge in [0.2, 0.25) is 5.95 Å². The number of nitrogens with one attached hydrogen (secondary N) is 1. The van der Waals surface area contributed by atoms with Gasteiger partial charge in [0.25, 0.3) is 0 Å². The monoisotopic (exact) mass is 515 g/mol. The van der Waals surface area contributed by atoms with Crippen LogP contribution < -0.4 is 15.1 Å². The average Bonchev–Trinajstić information content (AvgIpc) is 3.40. The van der Waals surface area contributed by atoms with E-state index < -0.39 is 11.7 Å². The van der Waals surface area contributed by atoms with Crippen LogP contribution in [0.15, 0.2) is 60.8 Å². The molecule has 37 heavy (non-hydrogen) atoms. The zero-order chi connectivity index (χ0) is 26.3. The molecule has 0 saturated carbocycles.